The topological polar surface area (TPSA) is 66.9 Å². The lowest BCUT2D eigenvalue weighted by Gasteiger charge is -2.09. The Kier molecular flexibility index (Phi) is 4.81. The van der Waals surface area contributed by atoms with E-state index >= 15 is 0 Å². The SMILES string of the molecule is CCCNC(=O)c1cc(Nc2cccc(F)c2)nc(C)n1. The summed E-state index contributed by atoms with van der Waals surface area (Å²) in [6, 6.07) is 7.58. The number of carbonyl (C=O) groups excluding carboxylic acids is 1. The van der Waals surface area contributed by atoms with Gasteiger partial charge in [0.05, 0.1) is 0 Å². The van der Waals surface area contributed by atoms with E-state index in [2.05, 4.69) is 20.6 Å². The molecule has 0 aliphatic rings. The molecule has 110 valence electrons. The van der Waals surface area contributed by atoms with Crippen LogP contribution in [0.2, 0.25) is 0 Å². The van der Waals surface area contributed by atoms with Crippen molar-refractivity contribution in [3.05, 3.63) is 47.7 Å². The van der Waals surface area contributed by atoms with Gasteiger partial charge in [0.1, 0.15) is 23.2 Å². The number of hydrogen-bond donors (Lipinski definition) is 2. The quantitative estimate of drug-likeness (QED) is 0.888. The van der Waals surface area contributed by atoms with Crippen molar-refractivity contribution in [2.45, 2.75) is 20.3 Å². The van der Waals surface area contributed by atoms with Crippen LogP contribution in [0, 0.1) is 12.7 Å². The standard InChI is InChI=1S/C15H17FN4O/c1-3-7-17-15(21)13-9-14(19-10(2)18-13)20-12-6-4-5-11(16)8-12/h4-6,8-9H,3,7H2,1-2H3,(H,17,21)(H,18,19,20). The number of halogens is 1. The van der Waals surface area contributed by atoms with Gasteiger partial charge in [0.15, 0.2) is 0 Å². The molecule has 0 bridgehead atoms. The van der Waals surface area contributed by atoms with Crippen molar-refractivity contribution in [2.24, 2.45) is 0 Å². The molecule has 0 atom stereocenters. The molecule has 1 aromatic carbocycles. The molecule has 6 heteroatoms. The van der Waals surface area contributed by atoms with E-state index < -0.39 is 0 Å². The number of nitrogens with zero attached hydrogens (tertiary/aromatic N) is 2. The second-order valence-electron chi connectivity index (χ2n) is 4.58. The Labute approximate surface area is 122 Å². The number of amides is 1. The van der Waals surface area contributed by atoms with Gasteiger partial charge >= 0.3 is 0 Å². The number of anilines is 2. The van der Waals surface area contributed by atoms with Gasteiger partial charge in [-0.15, -0.1) is 0 Å². The minimum Gasteiger partial charge on any atom is -0.351 e. The Balaban J connectivity index is 2.20. The first-order valence-electron chi connectivity index (χ1n) is 6.75. The van der Waals surface area contributed by atoms with Crippen LogP contribution in [-0.2, 0) is 0 Å². The van der Waals surface area contributed by atoms with E-state index in [1.165, 1.54) is 12.1 Å². The van der Waals surface area contributed by atoms with Crippen LogP contribution in [0.25, 0.3) is 0 Å². The zero-order chi connectivity index (χ0) is 15.2. The highest BCUT2D eigenvalue weighted by Gasteiger charge is 2.10. The molecule has 0 saturated carbocycles. The van der Waals surface area contributed by atoms with Crippen molar-refractivity contribution in [3.8, 4) is 0 Å². The molecule has 0 fully saturated rings. The molecule has 0 aliphatic carbocycles. The maximum absolute atomic E-state index is 13.2. The van der Waals surface area contributed by atoms with Crippen LogP contribution < -0.4 is 10.6 Å². The zero-order valence-electron chi connectivity index (χ0n) is 12.0. The zero-order valence-corrected chi connectivity index (χ0v) is 12.0. The third-order valence-corrected chi connectivity index (χ3v) is 2.70. The van der Waals surface area contributed by atoms with Crippen molar-refractivity contribution in [1.29, 1.82) is 0 Å². The van der Waals surface area contributed by atoms with Gasteiger partial charge in [0.2, 0.25) is 0 Å². The number of rotatable bonds is 5. The summed E-state index contributed by atoms with van der Waals surface area (Å²) in [4.78, 5) is 20.2. The largest absolute Gasteiger partial charge is 0.351 e. The highest BCUT2D eigenvalue weighted by Crippen LogP contribution is 2.16. The number of aromatic nitrogens is 2. The predicted octanol–water partition coefficient (Wildman–Crippen LogP) is 2.81. The van der Waals surface area contributed by atoms with E-state index in [0.717, 1.165) is 6.42 Å². The molecule has 0 spiro atoms. The lowest BCUT2D eigenvalue weighted by atomic mass is 10.3. The molecule has 0 radical (unpaired) electrons. The summed E-state index contributed by atoms with van der Waals surface area (Å²) in [7, 11) is 0. The summed E-state index contributed by atoms with van der Waals surface area (Å²) in [6.45, 7) is 4.27. The number of hydrogen-bond acceptors (Lipinski definition) is 4. The summed E-state index contributed by atoms with van der Waals surface area (Å²) in [5, 5.41) is 5.72. The van der Waals surface area contributed by atoms with Crippen molar-refractivity contribution in [1.82, 2.24) is 15.3 Å². The van der Waals surface area contributed by atoms with Crippen LogP contribution in [0.15, 0.2) is 30.3 Å². The van der Waals surface area contributed by atoms with Gasteiger partial charge in [-0.25, -0.2) is 14.4 Å². The second-order valence-corrected chi connectivity index (χ2v) is 4.58. The molecule has 1 amide bonds. The Morgan fingerprint density at radius 1 is 1.29 bits per heavy atom. The van der Waals surface area contributed by atoms with E-state index in [-0.39, 0.29) is 17.4 Å². The van der Waals surface area contributed by atoms with E-state index in [0.29, 0.717) is 23.9 Å². The smallest absolute Gasteiger partial charge is 0.270 e. The minimum absolute atomic E-state index is 0.246. The Hall–Kier alpha value is -2.50. The molecule has 2 aromatic rings. The molecular weight excluding hydrogens is 271 g/mol. The maximum atomic E-state index is 13.2. The van der Waals surface area contributed by atoms with Crippen LogP contribution in [0.1, 0.15) is 29.7 Å². The van der Waals surface area contributed by atoms with Crippen LogP contribution >= 0.6 is 0 Å². The molecule has 5 nitrogen and oxygen atoms in total. The first kappa shape index (κ1) is 14.9. The first-order chi connectivity index (χ1) is 10.1. The molecule has 1 heterocycles. The van der Waals surface area contributed by atoms with Gasteiger partial charge in [-0.05, 0) is 31.5 Å². The predicted molar refractivity (Wildman–Crippen MR) is 79.1 cm³/mol. The van der Waals surface area contributed by atoms with Crippen molar-refractivity contribution in [3.63, 3.8) is 0 Å². The minimum atomic E-state index is -0.341. The molecule has 0 unspecified atom stereocenters. The van der Waals surface area contributed by atoms with Crippen LogP contribution in [-0.4, -0.2) is 22.4 Å². The highest BCUT2D eigenvalue weighted by atomic mass is 19.1. The lowest BCUT2D eigenvalue weighted by molar-refractivity contribution is 0.0948. The summed E-state index contributed by atoms with van der Waals surface area (Å²) < 4.78 is 13.2. The molecule has 2 N–H and O–H groups in total. The van der Waals surface area contributed by atoms with Gasteiger partial charge in [-0.2, -0.15) is 0 Å². The number of aryl methyl sites for hydroxylation is 1. The van der Waals surface area contributed by atoms with Crippen molar-refractivity contribution >= 4 is 17.4 Å². The number of benzene rings is 1. The summed E-state index contributed by atoms with van der Waals surface area (Å²) >= 11 is 0. The van der Waals surface area contributed by atoms with Crippen LogP contribution in [0.5, 0.6) is 0 Å². The van der Waals surface area contributed by atoms with Crippen molar-refractivity contribution in [2.75, 3.05) is 11.9 Å². The number of nitrogens with one attached hydrogen (secondary N) is 2. The van der Waals surface area contributed by atoms with Gasteiger partial charge in [0.25, 0.3) is 5.91 Å². The van der Waals surface area contributed by atoms with Crippen LogP contribution in [0.3, 0.4) is 0 Å². The number of carbonyl (C=O) groups is 1. The van der Waals surface area contributed by atoms with Gasteiger partial charge < -0.3 is 10.6 Å². The van der Waals surface area contributed by atoms with E-state index in [1.807, 2.05) is 6.92 Å². The summed E-state index contributed by atoms with van der Waals surface area (Å²) in [5.41, 5.74) is 0.850. The molecule has 0 saturated heterocycles. The van der Waals surface area contributed by atoms with E-state index in [1.54, 1.807) is 25.1 Å². The van der Waals surface area contributed by atoms with Crippen molar-refractivity contribution < 1.29 is 9.18 Å². The lowest BCUT2D eigenvalue weighted by Crippen LogP contribution is -2.25. The van der Waals surface area contributed by atoms with Gasteiger partial charge in [0, 0.05) is 18.3 Å². The third kappa shape index (κ3) is 4.24. The second kappa shape index (κ2) is 6.78. The molecule has 0 aliphatic heterocycles. The average Bonchev–Trinajstić information content (AvgIpc) is 2.44. The molecule has 2 rings (SSSR count). The maximum Gasteiger partial charge on any atom is 0.270 e. The Morgan fingerprint density at radius 3 is 2.81 bits per heavy atom. The highest BCUT2D eigenvalue weighted by molar-refractivity contribution is 5.93. The monoisotopic (exact) mass is 288 g/mol. The Morgan fingerprint density at radius 2 is 2.10 bits per heavy atom. The summed E-state index contributed by atoms with van der Waals surface area (Å²) in [6.07, 6.45) is 0.851. The molecule has 21 heavy (non-hydrogen) atoms. The fraction of sp³-hybridized carbons (Fsp3) is 0.267. The average molecular weight is 288 g/mol. The third-order valence-electron chi connectivity index (χ3n) is 2.70. The van der Waals surface area contributed by atoms with E-state index in [4.69, 9.17) is 0 Å². The molecular formula is C15H17FN4O. The van der Waals surface area contributed by atoms with Gasteiger partial charge in [-0.1, -0.05) is 13.0 Å². The fourth-order valence-corrected chi connectivity index (χ4v) is 1.79. The Bertz CT molecular complexity index is 645. The fourth-order valence-electron chi connectivity index (χ4n) is 1.79. The molecule has 1 aromatic heterocycles. The summed E-state index contributed by atoms with van der Waals surface area (Å²) in [5.74, 6) is 0.337. The first-order valence-corrected chi connectivity index (χ1v) is 6.75. The van der Waals surface area contributed by atoms with Gasteiger partial charge in [-0.3, -0.25) is 4.79 Å². The van der Waals surface area contributed by atoms with Crippen LogP contribution in [0.4, 0.5) is 15.9 Å². The normalized spacial score (nSPS) is 10.2. The van der Waals surface area contributed by atoms with E-state index in [9.17, 15) is 9.18 Å².